The van der Waals surface area contributed by atoms with Gasteiger partial charge in [0.2, 0.25) is 0 Å². The van der Waals surface area contributed by atoms with Crippen LogP contribution in [0, 0.1) is 20.8 Å². The molecule has 0 aliphatic heterocycles. The maximum atomic E-state index is 11.3. The predicted molar refractivity (Wildman–Crippen MR) is 132 cm³/mol. The standard InChI is InChI=1S/C14H14O.C13H12O2.CH2O3.2K.H/c1-9-4-5-14-10(2)7-12(11(3)15)8-13(14)6-9;1-8-3-4-12-11(5-8)6-10(9(2)14)7-13(12)15;2-1-4-3;;;/h4-8H,1-3H3;3-7,15H,1-2H3;1,3H;;;/q;;;2*+1;-1/p-1. The molecular weight excluding hydrogens is 510 g/mol. The summed E-state index contributed by atoms with van der Waals surface area (Å²) in [6, 6.07) is 19.4. The van der Waals surface area contributed by atoms with E-state index in [0.717, 1.165) is 32.8 Å². The maximum absolute atomic E-state index is 11.3. The molecule has 6 nitrogen and oxygen atoms in total. The Labute approximate surface area is 297 Å². The van der Waals surface area contributed by atoms with Gasteiger partial charge in [-0.3, -0.25) is 14.4 Å². The van der Waals surface area contributed by atoms with E-state index < -0.39 is 0 Å². The number of aryl methyl sites for hydroxylation is 3. The number of hydrogen-bond acceptors (Lipinski definition) is 6. The molecular formula is C28H28K2O6. The van der Waals surface area contributed by atoms with E-state index in [2.05, 4.69) is 30.0 Å². The first-order valence-corrected chi connectivity index (χ1v) is 10.6. The predicted octanol–water partition coefficient (Wildman–Crippen LogP) is -0.729. The Morgan fingerprint density at radius 1 is 0.778 bits per heavy atom. The molecule has 0 amide bonds. The van der Waals surface area contributed by atoms with Crippen molar-refractivity contribution in [3.8, 4) is 5.75 Å². The normalized spacial score (nSPS) is 9.39. The van der Waals surface area contributed by atoms with E-state index >= 15 is 0 Å². The topological polar surface area (TPSA) is 104 Å². The van der Waals surface area contributed by atoms with Crippen molar-refractivity contribution in [2.24, 2.45) is 0 Å². The van der Waals surface area contributed by atoms with E-state index in [-0.39, 0.29) is 128 Å². The van der Waals surface area contributed by atoms with Gasteiger partial charge in [0.05, 0.1) is 0 Å². The van der Waals surface area contributed by atoms with E-state index in [1.165, 1.54) is 23.9 Å². The van der Waals surface area contributed by atoms with Crippen LogP contribution in [0.3, 0.4) is 0 Å². The van der Waals surface area contributed by atoms with Gasteiger partial charge >= 0.3 is 103 Å². The van der Waals surface area contributed by atoms with Gasteiger partial charge in [-0.05, 0) is 80.6 Å². The molecule has 0 bridgehead atoms. The van der Waals surface area contributed by atoms with Gasteiger partial charge in [0.1, 0.15) is 5.75 Å². The van der Waals surface area contributed by atoms with Crippen molar-refractivity contribution < 1.29 is 134 Å². The smallest absolute Gasteiger partial charge is 1.00 e. The molecule has 4 rings (SSSR count). The van der Waals surface area contributed by atoms with Gasteiger partial charge in [-0.15, -0.1) is 0 Å². The van der Waals surface area contributed by atoms with Crippen LogP contribution in [0.15, 0.2) is 60.7 Å². The summed E-state index contributed by atoms with van der Waals surface area (Å²) in [6.45, 7) is 9.02. The number of aromatic hydroxyl groups is 1. The Hall–Kier alpha value is -0.757. The Bertz CT molecular complexity index is 1270. The summed E-state index contributed by atoms with van der Waals surface area (Å²) in [7, 11) is 0. The van der Waals surface area contributed by atoms with Crippen LogP contribution in [-0.4, -0.2) is 23.1 Å². The molecule has 178 valence electrons. The number of phenols is 1. The molecule has 36 heavy (non-hydrogen) atoms. The number of hydrogen-bond donors (Lipinski definition) is 1. The van der Waals surface area contributed by atoms with Crippen LogP contribution in [0.4, 0.5) is 0 Å². The molecule has 4 aromatic carbocycles. The van der Waals surface area contributed by atoms with Crippen LogP contribution in [-0.2, 0) is 9.68 Å². The van der Waals surface area contributed by atoms with Gasteiger partial charge in [0.25, 0.3) is 6.47 Å². The van der Waals surface area contributed by atoms with Gasteiger partial charge in [-0.2, -0.15) is 0 Å². The largest absolute Gasteiger partial charge is 1.00 e. The molecule has 0 aliphatic carbocycles. The average Bonchev–Trinajstić information content (AvgIpc) is 2.78. The van der Waals surface area contributed by atoms with Crippen molar-refractivity contribution in [2.75, 3.05) is 0 Å². The first kappa shape index (κ1) is 35.2. The summed E-state index contributed by atoms with van der Waals surface area (Å²) in [5.74, 6) is 0.257. The summed E-state index contributed by atoms with van der Waals surface area (Å²) in [5.41, 5.74) is 4.85. The minimum atomic E-state index is -0.181. The summed E-state index contributed by atoms with van der Waals surface area (Å²) in [6.07, 6.45) is 0. The molecule has 0 heterocycles. The third-order valence-corrected chi connectivity index (χ3v) is 5.25. The van der Waals surface area contributed by atoms with Gasteiger partial charge in [0.15, 0.2) is 11.6 Å². The second-order valence-electron chi connectivity index (χ2n) is 8.04. The van der Waals surface area contributed by atoms with E-state index in [9.17, 15) is 14.7 Å². The fraction of sp³-hybridized carbons (Fsp3) is 0.179. The summed E-state index contributed by atoms with van der Waals surface area (Å²) in [5, 5.41) is 22.2. The Morgan fingerprint density at radius 2 is 1.19 bits per heavy atom. The van der Waals surface area contributed by atoms with E-state index in [0.29, 0.717) is 5.56 Å². The van der Waals surface area contributed by atoms with Crippen LogP contribution >= 0.6 is 0 Å². The number of rotatable bonds is 3. The number of phenolic OH excluding ortho intramolecular Hbond substituents is 1. The molecule has 8 heteroatoms. The molecule has 0 fully saturated rings. The summed E-state index contributed by atoms with van der Waals surface area (Å²) >= 11 is 0. The second-order valence-corrected chi connectivity index (χ2v) is 8.04. The van der Waals surface area contributed by atoms with Gasteiger partial charge in [-0.1, -0.05) is 47.5 Å². The van der Waals surface area contributed by atoms with Crippen LogP contribution in [0.5, 0.6) is 5.75 Å². The van der Waals surface area contributed by atoms with Gasteiger partial charge in [0, 0.05) is 16.5 Å². The monoisotopic (exact) mass is 538 g/mol. The Kier molecular flexibility index (Phi) is 16.6. The zero-order valence-corrected chi connectivity index (χ0v) is 28.1. The van der Waals surface area contributed by atoms with Gasteiger partial charge < -0.3 is 16.7 Å². The van der Waals surface area contributed by atoms with Crippen molar-refractivity contribution in [1.29, 1.82) is 0 Å². The fourth-order valence-electron chi connectivity index (χ4n) is 3.56. The van der Waals surface area contributed by atoms with Crippen LogP contribution in [0.1, 0.15) is 52.7 Å². The number of ketones is 2. The molecule has 0 spiro atoms. The van der Waals surface area contributed by atoms with Crippen LogP contribution < -0.4 is 108 Å². The number of fused-ring (bicyclic) bond motifs is 2. The molecule has 0 atom stereocenters. The second kappa shape index (κ2) is 17.0. The number of carbonyl (C=O) groups excluding carboxylic acids is 3. The average molecular weight is 539 g/mol. The minimum absolute atomic E-state index is 0. The van der Waals surface area contributed by atoms with Crippen molar-refractivity contribution in [3.63, 3.8) is 0 Å². The molecule has 1 N–H and O–H groups in total. The Balaban J connectivity index is 0. The molecule has 0 saturated carbocycles. The minimum Gasteiger partial charge on any atom is -1.00 e. The van der Waals surface area contributed by atoms with E-state index in [1.807, 2.05) is 50.2 Å². The van der Waals surface area contributed by atoms with Crippen molar-refractivity contribution >= 4 is 39.6 Å². The SMILES string of the molecule is CC(=O)c1cc(C)c2ccc(C)cc2c1.CC(=O)c1cc(O)c2ccc(C)cc2c1.O=CO[O-].[H-].[K+].[K+]. The molecule has 0 unspecified atom stereocenters. The number of Topliss-reactive ketones (excluding diaryl/α,β-unsaturated/α-hetero) is 2. The molecule has 4 aromatic rings. The van der Waals surface area contributed by atoms with E-state index in [4.69, 9.17) is 10.1 Å². The summed E-state index contributed by atoms with van der Waals surface area (Å²) in [4.78, 5) is 33.8. The first-order chi connectivity index (χ1) is 16.1. The number of benzene rings is 4. The van der Waals surface area contributed by atoms with Gasteiger partial charge in [-0.25, -0.2) is 0 Å². The third kappa shape index (κ3) is 10.2. The fourth-order valence-corrected chi connectivity index (χ4v) is 3.56. The van der Waals surface area contributed by atoms with Crippen molar-refractivity contribution in [1.82, 2.24) is 0 Å². The summed E-state index contributed by atoms with van der Waals surface area (Å²) < 4.78 is 0. The molecule has 0 aromatic heterocycles. The van der Waals surface area contributed by atoms with Crippen LogP contribution in [0.25, 0.3) is 21.5 Å². The number of carbonyl (C=O) groups is 3. The molecule has 0 saturated heterocycles. The molecule has 0 radical (unpaired) electrons. The molecule has 0 aliphatic rings. The zero-order chi connectivity index (χ0) is 25.4. The Morgan fingerprint density at radius 3 is 1.64 bits per heavy atom. The maximum Gasteiger partial charge on any atom is 1.00 e. The van der Waals surface area contributed by atoms with E-state index in [1.54, 1.807) is 6.92 Å². The van der Waals surface area contributed by atoms with Crippen molar-refractivity contribution in [2.45, 2.75) is 34.6 Å². The quantitative estimate of drug-likeness (QED) is 0.121. The zero-order valence-electron chi connectivity index (χ0n) is 22.8. The first-order valence-electron chi connectivity index (χ1n) is 10.6. The van der Waals surface area contributed by atoms with Crippen molar-refractivity contribution in [3.05, 3.63) is 88.5 Å². The van der Waals surface area contributed by atoms with Crippen LogP contribution in [0.2, 0.25) is 0 Å². The third-order valence-electron chi connectivity index (χ3n) is 5.25.